The van der Waals surface area contributed by atoms with Gasteiger partial charge in [0.05, 0.1) is 17.9 Å². The maximum absolute atomic E-state index is 12.4. The van der Waals surface area contributed by atoms with Crippen molar-refractivity contribution in [3.63, 3.8) is 0 Å². The normalized spacial score (nSPS) is 10.7. The monoisotopic (exact) mass is 458 g/mol. The van der Waals surface area contributed by atoms with Crippen molar-refractivity contribution >= 4 is 40.9 Å². The van der Waals surface area contributed by atoms with E-state index in [2.05, 4.69) is 15.5 Å². The molecular formula is C22H23ClN4O3S. The molecule has 162 valence electrons. The number of amides is 1. The fraction of sp³-hybridized carbons (Fsp3) is 0.273. The van der Waals surface area contributed by atoms with Crippen molar-refractivity contribution in [3.8, 4) is 11.4 Å². The van der Waals surface area contributed by atoms with Crippen LogP contribution in [0.3, 0.4) is 0 Å². The number of benzene rings is 2. The minimum Gasteiger partial charge on any atom is -0.462 e. The van der Waals surface area contributed by atoms with Gasteiger partial charge in [0.2, 0.25) is 5.91 Å². The summed E-state index contributed by atoms with van der Waals surface area (Å²) < 4.78 is 7.04. The SMILES string of the molecule is CCCOC(=O)c1ccc(NC(=O)CSc2nnc(-c3cccc(Cl)c3)n2CC)cc1. The molecule has 3 rings (SSSR count). The zero-order valence-electron chi connectivity index (χ0n) is 17.3. The Bertz CT molecular complexity index is 1050. The molecule has 0 unspecified atom stereocenters. The van der Waals surface area contributed by atoms with E-state index in [0.717, 1.165) is 12.0 Å². The van der Waals surface area contributed by atoms with E-state index in [1.807, 2.05) is 36.6 Å². The third-order valence-corrected chi connectivity index (χ3v) is 5.49. The third-order valence-electron chi connectivity index (χ3n) is 4.29. The van der Waals surface area contributed by atoms with Gasteiger partial charge in [0.15, 0.2) is 11.0 Å². The van der Waals surface area contributed by atoms with Crippen molar-refractivity contribution in [2.45, 2.75) is 32.0 Å². The summed E-state index contributed by atoms with van der Waals surface area (Å²) in [6.07, 6.45) is 0.768. The number of aromatic nitrogens is 3. The van der Waals surface area contributed by atoms with Crippen LogP contribution in [0.2, 0.25) is 5.02 Å². The highest BCUT2D eigenvalue weighted by Crippen LogP contribution is 2.26. The molecule has 0 aliphatic carbocycles. The van der Waals surface area contributed by atoms with Crippen LogP contribution in [-0.2, 0) is 16.1 Å². The molecule has 3 aromatic rings. The van der Waals surface area contributed by atoms with Crippen molar-refractivity contribution in [1.29, 1.82) is 0 Å². The average molecular weight is 459 g/mol. The molecular weight excluding hydrogens is 436 g/mol. The highest BCUT2D eigenvalue weighted by Gasteiger charge is 2.15. The molecule has 1 aromatic heterocycles. The first-order chi connectivity index (χ1) is 15.0. The van der Waals surface area contributed by atoms with E-state index in [9.17, 15) is 9.59 Å². The van der Waals surface area contributed by atoms with Gasteiger partial charge in [-0.2, -0.15) is 0 Å². The number of esters is 1. The Morgan fingerprint density at radius 1 is 1.13 bits per heavy atom. The van der Waals surface area contributed by atoms with E-state index in [4.69, 9.17) is 16.3 Å². The molecule has 0 saturated heterocycles. The van der Waals surface area contributed by atoms with Gasteiger partial charge in [0, 0.05) is 22.8 Å². The second kappa shape index (κ2) is 11.0. The number of thioether (sulfide) groups is 1. The van der Waals surface area contributed by atoms with Crippen LogP contribution in [0.5, 0.6) is 0 Å². The minimum atomic E-state index is -0.371. The molecule has 0 saturated carbocycles. The van der Waals surface area contributed by atoms with Crippen molar-refractivity contribution in [2.75, 3.05) is 17.7 Å². The van der Waals surface area contributed by atoms with Gasteiger partial charge in [-0.3, -0.25) is 4.79 Å². The Kier molecular flexibility index (Phi) is 8.08. The standard InChI is InChI=1S/C22H23ClN4O3S/c1-3-12-30-21(29)15-8-10-18(11-9-15)24-19(28)14-31-22-26-25-20(27(22)4-2)16-6-5-7-17(23)13-16/h5-11,13H,3-4,12,14H2,1-2H3,(H,24,28). The molecule has 0 bridgehead atoms. The maximum Gasteiger partial charge on any atom is 0.338 e. The fourth-order valence-electron chi connectivity index (χ4n) is 2.82. The molecule has 0 fully saturated rings. The van der Waals surface area contributed by atoms with Crippen LogP contribution in [0.15, 0.2) is 53.7 Å². The number of ether oxygens (including phenoxy) is 1. The number of nitrogens with one attached hydrogen (secondary N) is 1. The summed E-state index contributed by atoms with van der Waals surface area (Å²) in [5.74, 6) is 0.331. The van der Waals surface area contributed by atoms with Gasteiger partial charge in [-0.1, -0.05) is 42.4 Å². The van der Waals surface area contributed by atoms with Gasteiger partial charge in [0.25, 0.3) is 0 Å². The van der Waals surface area contributed by atoms with E-state index in [1.165, 1.54) is 11.8 Å². The third kappa shape index (κ3) is 6.08. The smallest absolute Gasteiger partial charge is 0.338 e. The topological polar surface area (TPSA) is 86.1 Å². The van der Waals surface area contributed by atoms with Crippen molar-refractivity contribution in [2.24, 2.45) is 0 Å². The molecule has 7 nitrogen and oxygen atoms in total. The zero-order chi connectivity index (χ0) is 22.2. The number of hydrogen-bond acceptors (Lipinski definition) is 6. The summed E-state index contributed by atoms with van der Waals surface area (Å²) in [6.45, 7) is 4.98. The molecule has 0 radical (unpaired) electrons. The van der Waals surface area contributed by atoms with Gasteiger partial charge in [-0.25, -0.2) is 4.79 Å². The van der Waals surface area contributed by atoms with Crippen LogP contribution in [0.1, 0.15) is 30.6 Å². The number of nitrogens with zero attached hydrogens (tertiary/aromatic N) is 3. The summed E-state index contributed by atoms with van der Waals surface area (Å²) in [5.41, 5.74) is 1.93. The van der Waals surface area contributed by atoms with E-state index in [-0.39, 0.29) is 17.6 Å². The van der Waals surface area contributed by atoms with Crippen LogP contribution in [0.4, 0.5) is 5.69 Å². The Morgan fingerprint density at radius 3 is 2.58 bits per heavy atom. The van der Waals surface area contributed by atoms with Gasteiger partial charge < -0.3 is 14.6 Å². The molecule has 0 spiro atoms. The van der Waals surface area contributed by atoms with E-state index in [0.29, 0.717) is 40.4 Å². The molecule has 0 aliphatic rings. The largest absolute Gasteiger partial charge is 0.462 e. The molecule has 1 N–H and O–H groups in total. The molecule has 9 heteroatoms. The number of carbonyl (C=O) groups excluding carboxylic acids is 2. The number of hydrogen-bond donors (Lipinski definition) is 1. The van der Waals surface area contributed by atoms with Gasteiger partial charge in [-0.15, -0.1) is 10.2 Å². The summed E-state index contributed by atoms with van der Waals surface area (Å²) in [6, 6.07) is 14.0. The number of halogens is 1. The minimum absolute atomic E-state index is 0.175. The maximum atomic E-state index is 12.4. The van der Waals surface area contributed by atoms with Gasteiger partial charge >= 0.3 is 5.97 Å². The first-order valence-corrected chi connectivity index (χ1v) is 11.3. The Morgan fingerprint density at radius 2 is 1.90 bits per heavy atom. The lowest BCUT2D eigenvalue weighted by molar-refractivity contribution is -0.113. The van der Waals surface area contributed by atoms with Gasteiger partial charge in [0.1, 0.15) is 0 Å². The fourth-order valence-corrected chi connectivity index (χ4v) is 3.81. The zero-order valence-corrected chi connectivity index (χ0v) is 18.9. The lowest BCUT2D eigenvalue weighted by atomic mass is 10.2. The van der Waals surface area contributed by atoms with Crippen molar-refractivity contribution < 1.29 is 14.3 Å². The second-order valence-corrected chi connectivity index (χ2v) is 7.99. The van der Waals surface area contributed by atoms with Crippen LogP contribution in [0, 0.1) is 0 Å². The second-order valence-electron chi connectivity index (χ2n) is 6.61. The first kappa shape index (κ1) is 22.8. The van der Waals surface area contributed by atoms with Crippen molar-refractivity contribution in [3.05, 3.63) is 59.1 Å². The lowest BCUT2D eigenvalue weighted by Gasteiger charge is -2.08. The van der Waals surface area contributed by atoms with Crippen molar-refractivity contribution in [1.82, 2.24) is 14.8 Å². The van der Waals surface area contributed by atoms with Crippen LogP contribution < -0.4 is 5.32 Å². The lowest BCUT2D eigenvalue weighted by Crippen LogP contribution is -2.15. The summed E-state index contributed by atoms with van der Waals surface area (Å²) in [7, 11) is 0. The van der Waals surface area contributed by atoms with E-state index < -0.39 is 0 Å². The predicted octanol–water partition coefficient (Wildman–Crippen LogP) is 4.92. The van der Waals surface area contributed by atoms with E-state index in [1.54, 1.807) is 30.3 Å². The number of rotatable bonds is 9. The van der Waals surface area contributed by atoms with E-state index >= 15 is 0 Å². The van der Waals surface area contributed by atoms with Crippen LogP contribution in [-0.4, -0.2) is 39.0 Å². The average Bonchev–Trinajstić information content (AvgIpc) is 3.19. The predicted molar refractivity (Wildman–Crippen MR) is 123 cm³/mol. The Labute approximate surface area is 190 Å². The highest BCUT2D eigenvalue weighted by molar-refractivity contribution is 7.99. The molecule has 0 aliphatic heterocycles. The Hall–Kier alpha value is -2.84. The number of anilines is 1. The van der Waals surface area contributed by atoms with Crippen LogP contribution in [0.25, 0.3) is 11.4 Å². The summed E-state index contributed by atoms with van der Waals surface area (Å²) in [4.78, 5) is 24.2. The van der Waals surface area contributed by atoms with Crippen LogP contribution >= 0.6 is 23.4 Å². The highest BCUT2D eigenvalue weighted by atomic mass is 35.5. The Balaban J connectivity index is 1.59. The quantitative estimate of drug-likeness (QED) is 0.362. The molecule has 1 amide bonds. The molecule has 1 heterocycles. The van der Waals surface area contributed by atoms with Gasteiger partial charge in [-0.05, 0) is 49.7 Å². The number of carbonyl (C=O) groups is 2. The summed E-state index contributed by atoms with van der Waals surface area (Å²) >= 11 is 7.39. The first-order valence-electron chi connectivity index (χ1n) is 9.90. The molecule has 0 atom stereocenters. The molecule has 2 aromatic carbocycles. The summed E-state index contributed by atoms with van der Waals surface area (Å²) in [5, 5.41) is 12.6. The molecule has 31 heavy (non-hydrogen) atoms.